The Kier molecular flexibility index (Phi) is 3.67. The van der Waals surface area contributed by atoms with Crippen LogP contribution in [0.3, 0.4) is 0 Å². The molecular weight excluding hydrogens is 297 g/mol. The van der Waals surface area contributed by atoms with Gasteiger partial charge in [-0.2, -0.15) is 0 Å². The van der Waals surface area contributed by atoms with Gasteiger partial charge in [-0.05, 0) is 28.5 Å². The Bertz CT molecular complexity index is 801. The van der Waals surface area contributed by atoms with Crippen LogP contribution in [0.5, 0.6) is 0 Å². The van der Waals surface area contributed by atoms with Crippen LogP contribution < -0.4 is 11.3 Å². The minimum atomic E-state index is -1.49. The maximum absolute atomic E-state index is 14.0. The monoisotopic (exact) mass is 308 g/mol. The molecule has 1 aromatic heterocycles. The first-order chi connectivity index (χ1) is 10.1. The number of thiophene rings is 1. The third-order valence-electron chi connectivity index (χ3n) is 3.36. The predicted octanol–water partition coefficient (Wildman–Crippen LogP) is 3.87. The largest absolute Gasteiger partial charge is 0.271 e. The van der Waals surface area contributed by atoms with E-state index >= 15 is 0 Å². The molecule has 2 aromatic carbocycles. The summed E-state index contributed by atoms with van der Waals surface area (Å²) in [5.41, 5.74) is 3.17. The normalized spacial score (nSPS) is 12.8. The van der Waals surface area contributed by atoms with Crippen molar-refractivity contribution in [2.45, 2.75) is 6.04 Å². The van der Waals surface area contributed by atoms with Crippen LogP contribution in [0.15, 0.2) is 41.8 Å². The predicted molar refractivity (Wildman–Crippen MR) is 77.3 cm³/mol. The molecule has 0 aliphatic rings. The minimum absolute atomic E-state index is 0.0303. The summed E-state index contributed by atoms with van der Waals surface area (Å²) in [6.07, 6.45) is 0. The van der Waals surface area contributed by atoms with Gasteiger partial charge in [0.1, 0.15) is 0 Å². The lowest BCUT2D eigenvalue weighted by atomic mass is 9.97. The first kappa shape index (κ1) is 14.1. The van der Waals surface area contributed by atoms with Gasteiger partial charge in [-0.3, -0.25) is 5.84 Å². The van der Waals surface area contributed by atoms with Crippen molar-refractivity contribution in [3.63, 3.8) is 0 Å². The van der Waals surface area contributed by atoms with E-state index in [1.54, 1.807) is 6.07 Å². The average Bonchev–Trinajstić information content (AvgIpc) is 2.97. The van der Waals surface area contributed by atoms with Gasteiger partial charge < -0.3 is 0 Å². The Morgan fingerprint density at radius 3 is 2.52 bits per heavy atom. The summed E-state index contributed by atoms with van der Waals surface area (Å²) in [7, 11) is 0. The number of nitrogens with two attached hydrogens (primary N) is 1. The van der Waals surface area contributed by atoms with Gasteiger partial charge in [0.05, 0.1) is 6.04 Å². The summed E-state index contributed by atoms with van der Waals surface area (Å²) in [6, 6.07) is 8.78. The molecular formula is C15H11F3N2S. The van der Waals surface area contributed by atoms with Crippen LogP contribution in [0.2, 0.25) is 0 Å². The van der Waals surface area contributed by atoms with Crippen LogP contribution in [-0.2, 0) is 0 Å². The Labute approximate surface area is 123 Å². The van der Waals surface area contributed by atoms with Crippen LogP contribution >= 0.6 is 11.3 Å². The SMILES string of the molecule is NNC(c1ccc(F)c(F)c1F)c1cccc2ccsc12. The molecule has 3 rings (SSSR count). The number of nitrogens with one attached hydrogen (secondary N) is 1. The van der Waals surface area contributed by atoms with Gasteiger partial charge >= 0.3 is 0 Å². The number of hydrogen-bond donors (Lipinski definition) is 2. The molecule has 0 saturated heterocycles. The van der Waals surface area contributed by atoms with Gasteiger partial charge in [0.15, 0.2) is 17.5 Å². The van der Waals surface area contributed by atoms with Crippen LogP contribution in [0.25, 0.3) is 10.1 Å². The summed E-state index contributed by atoms with van der Waals surface area (Å²) in [5, 5.41) is 2.89. The number of hydrazine groups is 1. The Morgan fingerprint density at radius 2 is 1.76 bits per heavy atom. The second-order valence-electron chi connectivity index (χ2n) is 4.55. The molecule has 1 heterocycles. The van der Waals surface area contributed by atoms with Gasteiger partial charge in [-0.25, -0.2) is 18.6 Å². The summed E-state index contributed by atoms with van der Waals surface area (Å²) in [4.78, 5) is 0. The van der Waals surface area contributed by atoms with Gasteiger partial charge in [0.25, 0.3) is 0 Å². The second kappa shape index (κ2) is 5.48. The second-order valence-corrected chi connectivity index (χ2v) is 5.47. The van der Waals surface area contributed by atoms with Crippen molar-refractivity contribution in [2.75, 3.05) is 0 Å². The van der Waals surface area contributed by atoms with Crippen molar-refractivity contribution >= 4 is 21.4 Å². The topological polar surface area (TPSA) is 38.0 Å². The zero-order valence-electron chi connectivity index (χ0n) is 10.7. The molecule has 0 aliphatic carbocycles. The molecule has 1 unspecified atom stereocenters. The molecule has 6 heteroatoms. The molecule has 0 amide bonds. The van der Waals surface area contributed by atoms with Crippen molar-refractivity contribution in [3.8, 4) is 0 Å². The van der Waals surface area contributed by atoms with E-state index in [0.717, 1.165) is 21.7 Å². The molecule has 0 radical (unpaired) electrons. The fourth-order valence-corrected chi connectivity index (χ4v) is 3.30. The molecule has 3 N–H and O–H groups in total. The van der Waals surface area contributed by atoms with E-state index in [-0.39, 0.29) is 5.56 Å². The highest BCUT2D eigenvalue weighted by Crippen LogP contribution is 2.33. The van der Waals surface area contributed by atoms with Crippen molar-refractivity contribution in [3.05, 3.63) is 70.4 Å². The first-order valence-electron chi connectivity index (χ1n) is 6.19. The average molecular weight is 308 g/mol. The van der Waals surface area contributed by atoms with E-state index in [0.29, 0.717) is 0 Å². The van der Waals surface area contributed by atoms with Crippen molar-refractivity contribution in [2.24, 2.45) is 5.84 Å². The fraction of sp³-hybridized carbons (Fsp3) is 0.0667. The number of benzene rings is 2. The molecule has 21 heavy (non-hydrogen) atoms. The number of rotatable bonds is 3. The smallest absolute Gasteiger partial charge is 0.194 e. The lowest BCUT2D eigenvalue weighted by Crippen LogP contribution is -2.30. The van der Waals surface area contributed by atoms with E-state index < -0.39 is 23.5 Å². The molecule has 1 atom stereocenters. The molecule has 0 bridgehead atoms. The molecule has 108 valence electrons. The molecule has 0 fully saturated rings. The zero-order valence-corrected chi connectivity index (χ0v) is 11.6. The highest BCUT2D eigenvalue weighted by atomic mass is 32.1. The first-order valence-corrected chi connectivity index (χ1v) is 7.07. The molecule has 3 aromatic rings. The highest BCUT2D eigenvalue weighted by Gasteiger charge is 2.23. The maximum Gasteiger partial charge on any atom is 0.194 e. The quantitative estimate of drug-likeness (QED) is 0.438. The number of fused-ring (bicyclic) bond motifs is 1. The summed E-state index contributed by atoms with van der Waals surface area (Å²) < 4.78 is 41.4. The van der Waals surface area contributed by atoms with Gasteiger partial charge in [-0.15, -0.1) is 11.3 Å². The van der Waals surface area contributed by atoms with Crippen molar-refractivity contribution in [1.29, 1.82) is 0 Å². The Hall–Kier alpha value is -1.89. The van der Waals surface area contributed by atoms with E-state index in [1.165, 1.54) is 17.4 Å². The third-order valence-corrected chi connectivity index (χ3v) is 4.34. The lowest BCUT2D eigenvalue weighted by molar-refractivity contribution is 0.433. The van der Waals surface area contributed by atoms with Gasteiger partial charge in [0, 0.05) is 10.3 Å². The standard InChI is InChI=1S/C15H11F3N2S/c16-11-5-4-9(12(17)13(11)18)14(20-19)10-3-1-2-8-6-7-21-15(8)10/h1-7,14,20H,19H2. The highest BCUT2D eigenvalue weighted by molar-refractivity contribution is 7.17. The van der Waals surface area contributed by atoms with E-state index in [2.05, 4.69) is 5.43 Å². The van der Waals surface area contributed by atoms with Crippen LogP contribution in [0.1, 0.15) is 17.2 Å². The van der Waals surface area contributed by atoms with Crippen molar-refractivity contribution in [1.82, 2.24) is 5.43 Å². The maximum atomic E-state index is 14.0. The summed E-state index contributed by atoms with van der Waals surface area (Å²) in [5.74, 6) is 1.58. The Balaban J connectivity index is 2.19. The van der Waals surface area contributed by atoms with E-state index in [9.17, 15) is 13.2 Å². The summed E-state index contributed by atoms with van der Waals surface area (Å²) in [6.45, 7) is 0. The summed E-state index contributed by atoms with van der Waals surface area (Å²) >= 11 is 1.48. The van der Waals surface area contributed by atoms with Gasteiger partial charge in [-0.1, -0.05) is 24.3 Å². The zero-order chi connectivity index (χ0) is 15.0. The van der Waals surface area contributed by atoms with Crippen molar-refractivity contribution < 1.29 is 13.2 Å². The molecule has 0 saturated carbocycles. The molecule has 0 spiro atoms. The lowest BCUT2D eigenvalue weighted by Gasteiger charge is -2.18. The van der Waals surface area contributed by atoms with Crippen LogP contribution in [0, 0.1) is 17.5 Å². The third kappa shape index (κ3) is 2.31. The van der Waals surface area contributed by atoms with Crippen LogP contribution in [0.4, 0.5) is 13.2 Å². The minimum Gasteiger partial charge on any atom is -0.271 e. The van der Waals surface area contributed by atoms with Crippen LogP contribution in [-0.4, -0.2) is 0 Å². The van der Waals surface area contributed by atoms with Gasteiger partial charge in [0.2, 0.25) is 0 Å². The number of halogens is 3. The fourth-order valence-electron chi connectivity index (χ4n) is 2.35. The number of hydrogen-bond acceptors (Lipinski definition) is 3. The molecule has 0 aliphatic heterocycles. The van der Waals surface area contributed by atoms with E-state index in [1.807, 2.05) is 23.6 Å². The molecule has 2 nitrogen and oxygen atoms in total. The Morgan fingerprint density at radius 1 is 0.952 bits per heavy atom. The van der Waals surface area contributed by atoms with E-state index in [4.69, 9.17) is 5.84 Å².